The first-order chi connectivity index (χ1) is 15.8. The third kappa shape index (κ3) is 4.93. The topological polar surface area (TPSA) is 85.1 Å². The summed E-state index contributed by atoms with van der Waals surface area (Å²) in [4.78, 5) is 30.0. The molecule has 0 bridgehead atoms. The summed E-state index contributed by atoms with van der Waals surface area (Å²) in [6.07, 6.45) is -5.57. The van der Waals surface area contributed by atoms with E-state index in [1.807, 2.05) is 0 Å². The van der Waals surface area contributed by atoms with Crippen LogP contribution in [-0.4, -0.2) is 55.3 Å². The van der Waals surface area contributed by atoms with E-state index < -0.39 is 58.0 Å². The Balaban J connectivity index is 2.14. The maximum absolute atomic E-state index is 15.0. The molecule has 1 heterocycles. The molecule has 0 aromatic heterocycles. The van der Waals surface area contributed by atoms with Gasteiger partial charge in [-0.1, -0.05) is 0 Å². The number of carbonyl (C=O) groups is 2. The summed E-state index contributed by atoms with van der Waals surface area (Å²) in [6, 6.07) is 4.30. The molecule has 0 unspecified atom stereocenters. The third-order valence-corrected chi connectivity index (χ3v) is 5.76. The molecule has 0 spiro atoms. The third-order valence-electron chi connectivity index (χ3n) is 5.09. The van der Waals surface area contributed by atoms with Crippen LogP contribution in [0.5, 0.6) is 0 Å². The number of nitrogens with zero attached hydrogens (tertiary/aromatic N) is 2. The van der Waals surface area contributed by atoms with Crippen LogP contribution in [-0.2, 0) is 14.4 Å². The van der Waals surface area contributed by atoms with Crippen molar-refractivity contribution >= 4 is 45.8 Å². The first kappa shape index (κ1) is 26.0. The Morgan fingerprint density at radius 3 is 2.32 bits per heavy atom. The molecule has 184 valence electrons. The highest BCUT2D eigenvalue weighted by Crippen LogP contribution is 2.38. The van der Waals surface area contributed by atoms with E-state index in [9.17, 15) is 35.9 Å². The van der Waals surface area contributed by atoms with Crippen LogP contribution in [0.15, 0.2) is 30.3 Å². The Bertz CT molecular complexity index is 1120. The molecule has 1 amide bonds. The van der Waals surface area contributed by atoms with E-state index in [2.05, 4.69) is 4.84 Å². The second-order valence-electron chi connectivity index (χ2n) is 7.28. The van der Waals surface area contributed by atoms with Gasteiger partial charge in [-0.05, 0) is 52.9 Å². The number of hydrogen-bond donors (Lipinski definition) is 1. The van der Waals surface area contributed by atoms with E-state index in [4.69, 9.17) is 10.5 Å². The number of likely N-dealkylation sites (tertiary alicyclic amines) is 1. The van der Waals surface area contributed by atoms with Crippen molar-refractivity contribution in [3.05, 3.63) is 56.9 Å². The largest absolute Gasteiger partial charge is 0.493 e. The predicted octanol–water partition coefficient (Wildman–Crippen LogP) is 3.67. The smallest absolute Gasteiger partial charge is 0.373 e. The van der Waals surface area contributed by atoms with Crippen molar-refractivity contribution < 1.29 is 45.5 Å². The molecule has 7 nitrogen and oxygen atoms in total. The van der Waals surface area contributed by atoms with Crippen LogP contribution in [0.4, 0.5) is 37.7 Å². The van der Waals surface area contributed by atoms with Crippen LogP contribution in [0.3, 0.4) is 0 Å². The van der Waals surface area contributed by atoms with E-state index >= 15 is 0 Å². The van der Waals surface area contributed by atoms with Gasteiger partial charge in [0.15, 0.2) is 17.5 Å². The number of nitrogens with two attached hydrogens (primary N) is 1. The second kappa shape index (κ2) is 9.58. The minimum atomic E-state index is -5.57. The Morgan fingerprint density at radius 1 is 1.15 bits per heavy atom. The molecule has 34 heavy (non-hydrogen) atoms. The minimum absolute atomic E-state index is 0.0289. The van der Waals surface area contributed by atoms with Gasteiger partial charge in [0.25, 0.3) is 5.91 Å². The minimum Gasteiger partial charge on any atom is -0.373 e. The van der Waals surface area contributed by atoms with Gasteiger partial charge in [-0.15, -0.1) is 0 Å². The van der Waals surface area contributed by atoms with Gasteiger partial charge in [0.2, 0.25) is 0 Å². The van der Waals surface area contributed by atoms with E-state index in [1.54, 1.807) is 22.6 Å². The number of benzene rings is 2. The summed E-state index contributed by atoms with van der Waals surface area (Å²) < 4.78 is 88.1. The summed E-state index contributed by atoms with van der Waals surface area (Å²) in [5, 5.41) is -0.181. The summed E-state index contributed by atoms with van der Waals surface area (Å²) in [7, 11) is 1.36. The van der Waals surface area contributed by atoms with Gasteiger partial charge in [0.1, 0.15) is 17.0 Å². The van der Waals surface area contributed by atoms with Crippen molar-refractivity contribution in [2.75, 3.05) is 31.8 Å². The lowest BCUT2D eigenvalue weighted by Crippen LogP contribution is -2.67. The van der Waals surface area contributed by atoms with Gasteiger partial charge in [0, 0.05) is 17.2 Å². The van der Waals surface area contributed by atoms with Crippen LogP contribution in [0.2, 0.25) is 0 Å². The Hall–Kier alpha value is -2.59. The number of methoxy groups -OCH3 is 1. The normalized spacial score (nSPS) is 15.0. The molecule has 0 atom stereocenters. The number of halogens is 7. The van der Waals surface area contributed by atoms with Crippen molar-refractivity contribution in [1.82, 2.24) is 4.90 Å². The number of amides is 1. The summed E-state index contributed by atoms with van der Waals surface area (Å²) in [6.45, 7) is -0.0872. The van der Waals surface area contributed by atoms with Crippen molar-refractivity contribution in [1.29, 1.82) is 0 Å². The molecule has 2 N–H and O–H groups in total. The SMILES string of the molecule is COC1(CN)CN(C(=O)c2ccc(F)c(F)c2N(OC(=O)C(F)(F)F)c2ccc(I)cc2F)C1. The second-order valence-corrected chi connectivity index (χ2v) is 8.52. The molecule has 0 radical (unpaired) electrons. The van der Waals surface area contributed by atoms with Crippen molar-refractivity contribution in [3.63, 3.8) is 0 Å². The van der Waals surface area contributed by atoms with Crippen LogP contribution in [0, 0.1) is 21.0 Å². The maximum atomic E-state index is 15.0. The highest BCUT2D eigenvalue weighted by atomic mass is 127. The van der Waals surface area contributed by atoms with E-state index in [1.165, 1.54) is 13.2 Å². The molecule has 0 saturated carbocycles. The molecular formula is C20H16F6IN3O4. The number of carbonyl (C=O) groups excluding carboxylic acids is 2. The quantitative estimate of drug-likeness (QED) is 0.309. The zero-order valence-electron chi connectivity index (χ0n) is 17.3. The van der Waals surface area contributed by atoms with Gasteiger partial charge >= 0.3 is 12.1 Å². The zero-order valence-corrected chi connectivity index (χ0v) is 19.4. The van der Waals surface area contributed by atoms with Crippen LogP contribution >= 0.6 is 22.6 Å². The molecular weight excluding hydrogens is 587 g/mol. The molecule has 1 aliphatic rings. The average molecular weight is 603 g/mol. The molecule has 0 aliphatic carbocycles. The van der Waals surface area contributed by atoms with Crippen molar-refractivity contribution in [3.8, 4) is 0 Å². The predicted molar refractivity (Wildman–Crippen MR) is 114 cm³/mol. The van der Waals surface area contributed by atoms with E-state index in [0.717, 1.165) is 23.1 Å². The highest BCUT2D eigenvalue weighted by molar-refractivity contribution is 14.1. The Kier molecular flexibility index (Phi) is 7.33. The fraction of sp³-hybridized carbons (Fsp3) is 0.300. The first-order valence-corrected chi connectivity index (χ1v) is 10.5. The number of rotatable bonds is 6. The summed E-state index contributed by atoms with van der Waals surface area (Å²) in [5.74, 6) is -8.46. The summed E-state index contributed by atoms with van der Waals surface area (Å²) >= 11 is 1.70. The number of hydrogen-bond acceptors (Lipinski definition) is 6. The highest BCUT2D eigenvalue weighted by Gasteiger charge is 2.47. The lowest BCUT2D eigenvalue weighted by molar-refractivity contribution is -0.199. The average Bonchev–Trinajstić information content (AvgIpc) is 2.73. The van der Waals surface area contributed by atoms with Gasteiger partial charge in [-0.25, -0.2) is 18.0 Å². The summed E-state index contributed by atoms with van der Waals surface area (Å²) in [5.41, 5.74) is 1.95. The molecule has 1 saturated heterocycles. The maximum Gasteiger partial charge on any atom is 0.493 e. The molecule has 14 heteroatoms. The fourth-order valence-corrected chi connectivity index (χ4v) is 3.67. The Morgan fingerprint density at radius 2 is 1.79 bits per heavy atom. The Labute approximate surface area is 202 Å². The van der Waals surface area contributed by atoms with Crippen LogP contribution in [0.25, 0.3) is 0 Å². The lowest BCUT2D eigenvalue weighted by atomic mass is 9.92. The zero-order chi connectivity index (χ0) is 25.4. The van der Waals surface area contributed by atoms with Gasteiger partial charge < -0.3 is 20.2 Å². The molecule has 2 aromatic carbocycles. The van der Waals surface area contributed by atoms with E-state index in [0.29, 0.717) is 9.64 Å². The lowest BCUT2D eigenvalue weighted by Gasteiger charge is -2.48. The van der Waals surface area contributed by atoms with Crippen LogP contribution < -0.4 is 10.8 Å². The van der Waals surface area contributed by atoms with Gasteiger partial charge in [0.05, 0.1) is 18.7 Å². The molecule has 2 aromatic rings. The van der Waals surface area contributed by atoms with Gasteiger partial charge in [-0.3, -0.25) is 4.79 Å². The molecule has 1 aliphatic heterocycles. The fourth-order valence-electron chi connectivity index (χ4n) is 3.21. The first-order valence-electron chi connectivity index (χ1n) is 9.40. The van der Waals surface area contributed by atoms with E-state index in [-0.39, 0.29) is 24.7 Å². The van der Waals surface area contributed by atoms with Crippen molar-refractivity contribution in [2.24, 2.45) is 5.73 Å². The number of alkyl halides is 3. The molecule has 3 rings (SSSR count). The standard InChI is InChI=1S/C20H16F6IN3O4/c1-33-19(7-28)8-29(9-19)17(31)11-3-4-12(21)15(23)16(11)30(34-18(32)20(24,25)26)14-5-2-10(27)6-13(14)22/h2-6H,7-9,28H2,1H3. The number of anilines is 2. The molecule has 1 fully saturated rings. The van der Waals surface area contributed by atoms with Gasteiger partial charge in [-0.2, -0.15) is 18.2 Å². The van der Waals surface area contributed by atoms with Crippen LogP contribution in [0.1, 0.15) is 10.4 Å². The monoisotopic (exact) mass is 603 g/mol. The number of ether oxygens (including phenoxy) is 1. The van der Waals surface area contributed by atoms with Crippen molar-refractivity contribution in [2.45, 2.75) is 11.8 Å².